The highest BCUT2D eigenvalue weighted by Gasteiger charge is 2.33. The number of aromatic amines is 1. The van der Waals surface area contributed by atoms with E-state index in [0.717, 1.165) is 27.7 Å². The second kappa shape index (κ2) is 8.54. The summed E-state index contributed by atoms with van der Waals surface area (Å²) < 4.78 is 14.8. The monoisotopic (exact) mass is 440 g/mol. The standard InChI is InChI=1S/C27H25FN4O/c1-17(33)31-27(21-15-29-23-13-7-4-9-18(21)23)25-16-30-26(19-10-3-6-12-22(19)28)20-11-5-8-14-24(20)32(25)2/h3-15,25,27,29H,16H2,1-2H3,(H,31,33). The van der Waals surface area contributed by atoms with Crippen LogP contribution in [-0.4, -0.2) is 36.2 Å². The zero-order valence-corrected chi connectivity index (χ0v) is 18.5. The van der Waals surface area contributed by atoms with Crippen molar-refractivity contribution in [2.45, 2.75) is 19.0 Å². The molecule has 2 N–H and O–H groups in total. The molecular weight excluding hydrogens is 415 g/mol. The molecule has 2 atom stereocenters. The topological polar surface area (TPSA) is 60.5 Å². The fraction of sp³-hybridized carbons (Fsp3) is 0.185. The molecule has 6 heteroatoms. The van der Waals surface area contributed by atoms with Crippen LogP contribution in [0.1, 0.15) is 29.7 Å². The number of benzene rings is 3. The second-order valence-electron chi connectivity index (χ2n) is 8.33. The van der Waals surface area contributed by atoms with Gasteiger partial charge in [0.1, 0.15) is 5.82 Å². The van der Waals surface area contributed by atoms with Crippen molar-refractivity contribution in [3.63, 3.8) is 0 Å². The minimum absolute atomic E-state index is 0.116. The van der Waals surface area contributed by atoms with Crippen molar-refractivity contribution in [2.75, 3.05) is 18.5 Å². The van der Waals surface area contributed by atoms with E-state index < -0.39 is 0 Å². The number of halogens is 1. The predicted octanol–water partition coefficient (Wildman–Crippen LogP) is 4.84. The number of nitrogens with zero attached hydrogens (tertiary/aromatic N) is 2. The molecular formula is C27H25FN4O. The zero-order chi connectivity index (χ0) is 22.9. The number of anilines is 1. The van der Waals surface area contributed by atoms with E-state index >= 15 is 0 Å². The van der Waals surface area contributed by atoms with Crippen LogP contribution in [0.2, 0.25) is 0 Å². The van der Waals surface area contributed by atoms with Crippen molar-refractivity contribution in [3.8, 4) is 0 Å². The van der Waals surface area contributed by atoms with Gasteiger partial charge >= 0.3 is 0 Å². The van der Waals surface area contributed by atoms with E-state index in [-0.39, 0.29) is 23.8 Å². The van der Waals surface area contributed by atoms with Crippen molar-refractivity contribution in [2.24, 2.45) is 4.99 Å². The number of fused-ring (bicyclic) bond motifs is 2. The first-order chi connectivity index (χ1) is 16.0. The second-order valence-corrected chi connectivity index (χ2v) is 8.33. The summed E-state index contributed by atoms with van der Waals surface area (Å²) in [4.78, 5) is 22.7. The van der Waals surface area contributed by atoms with Gasteiger partial charge in [-0.1, -0.05) is 48.5 Å². The summed E-state index contributed by atoms with van der Waals surface area (Å²) in [6.07, 6.45) is 1.96. The normalized spacial score (nSPS) is 16.6. The number of carbonyl (C=O) groups is 1. The van der Waals surface area contributed by atoms with Crippen molar-refractivity contribution in [1.29, 1.82) is 0 Å². The van der Waals surface area contributed by atoms with Crippen LogP contribution in [0.25, 0.3) is 10.9 Å². The van der Waals surface area contributed by atoms with Crippen molar-refractivity contribution in [3.05, 3.63) is 102 Å². The molecule has 1 aromatic heterocycles. The van der Waals surface area contributed by atoms with E-state index in [1.165, 1.54) is 13.0 Å². The Hall–Kier alpha value is -3.93. The van der Waals surface area contributed by atoms with Crippen molar-refractivity contribution < 1.29 is 9.18 Å². The number of H-pyrrole nitrogens is 1. The summed E-state index contributed by atoms with van der Waals surface area (Å²) in [5.74, 6) is -0.420. The number of likely N-dealkylation sites (N-methyl/N-ethyl adjacent to an activating group) is 1. The quantitative estimate of drug-likeness (QED) is 0.477. The largest absolute Gasteiger partial charge is 0.367 e. The van der Waals surface area contributed by atoms with E-state index in [0.29, 0.717) is 17.8 Å². The third-order valence-corrected chi connectivity index (χ3v) is 6.30. The summed E-state index contributed by atoms with van der Waals surface area (Å²) in [6.45, 7) is 1.92. The summed E-state index contributed by atoms with van der Waals surface area (Å²) in [6, 6.07) is 22.2. The van der Waals surface area contributed by atoms with Crippen LogP contribution in [0, 0.1) is 5.82 Å². The maximum Gasteiger partial charge on any atom is 0.217 e. The predicted molar refractivity (Wildman–Crippen MR) is 130 cm³/mol. The lowest BCUT2D eigenvalue weighted by atomic mass is 9.96. The number of hydrogen-bond donors (Lipinski definition) is 2. The molecule has 1 aliphatic rings. The molecule has 4 aromatic rings. The summed E-state index contributed by atoms with van der Waals surface area (Å²) in [7, 11) is 2.01. The molecule has 3 aromatic carbocycles. The van der Waals surface area contributed by atoms with Gasteiger partial charge in [0.2, 0.25) is 5.91 Å². The molecule has 0 fully saturated rings. The molecule has 0 saturated heterocycles. The maximum absolute atomic E-state index is 14.8. The first kappa shape index (κ1) is 20.9. The number of para-hydroxylation sites is 2. The highest BCUT2D eigenvalue weighted by atomic mass is 19.1. The lowest BCUT2D eigenvalue weighted by Gasteiger charge is -2.35. The fourth-order valence-electron chi connectivity index (χ4n) is 4.72. The Morgan fingerprint density at radius 2 is 1.76 bits per heavy atom. The van der Waals surface area contributed by atoms with Gasteiger partial charge in [-0.25, -0.2) is 4.39 Å². The van der Waals surface area contributed by atoms with Gasteiger partial charge in [0.25, 0.3) is 0 Å². The van der Waals surface area contributed by atoms with E-state index in [2.05, 4.69) is 21.3 Å². The molecule has 0 aliphatic carbocycles. The van der Waals surface area contributed by atoms with Crippen molar-refractivity contribution >= 4 is 28.2 Å². The summed E-state index contributed by atoms with van der Waals surface area (Å²) in [5, 5.41) is 4.21. The van der Waals surface area contributed by atoms with Gasteiger partial charge in [-0.05, 0) is 24.3 Å². The molecule has 2 unspecified atom stereocenters. The van der Waals surface area contributed by atoms with Gasteiger partial charge in [0.15, 0.2) is 0 Å². The van der Waals surface area contributed by atoms with E-state index in [4.69, 9.17) is 4.99 Å². The van der Waals surface area contributed by atoms with Gasteiger partial charge < -0.3 is 15.2 Å². The number of rotatable bonds is 4. The molecule has 0 radical (unpaired) electrons. The van der Waals surface area contributed by atoms with Gasteiger partial charge in [0.05, 0.1) is 24.3 Å². The van der Waals surface area contributed by atoms with Crippen molar-refractivity contribution in [1.82, 2.24) is 10.3 Å². The molecule has 166 valence electrons. The van der Waals surface area contributed by atoms with Crippen LogP contribution in [0.4, 0.5) is 10.1 Å². The van der Waals surface area contributed by atoms with Crippen LogP contribution in [0.15, 0.2) is 84.0 Å². The molecule has 5 rings (SSSR count). The van der Waals surface area contributed by atoms with Crippen LogP contribution in [0.3, 0.4) is 0 Å². The first-order valence-corrected chi connectivity index (χ1v) is 11.0. The van der Waals surface area contributed by atoms with Crippen LogP contribution >= 0.6 is 0 Å². The Balaban J connectivity index is 1.66. The van der Waals surface area contributed by atoms with Crippen LogP contribution in [0.5, 0.6) is 0 Å². The SMILES string of the molecule is CC(=O)NC(c1c[nH]c2ccccc12)C1CN=C(c2ccccc2F)c2ccccc2N1C. The zero-order valence-electron chi connectivity index (χ0n) is 18.5. The smallest absolute Gasteiger partial charge is 0.217 e. The first-order valence-electron chi connectivity index (χ1n) is 11.0. The number of nitrogens with one attached hydrogen (secondary N) is 2. The van der Waals surface area contributed by atoms with Gasteiger partial charge in [-0.2, -0.15) is 0 Å². The Morgan fingerprint density at radius 3 is 2.55 bits per heavy atom. The number of carbonyl (C=O) groups excluding carboxylic acids is 1. The van der Waals surface area contributed by atoms with Gasteiger partial charge in [0, 0.05) is 53.4 Å². The Morgan fingerprint density at radius 1 is 1.06 bits per heavy atom. The third-order valence-electron chi connectivity index (χ3n) is 6.30. The van der Waals surface area contributed by atoms with Crippen LogP contribution < -0.4 is 10.2 Å². The van der Waals surface area contributed by atoms with Gasteiger partial charge in [-0.3, -0.25) is 9.79 Å². The molecule has 5 nitrogen and oxygen atoms in total. The molecule has 0 spiro atoms. The molecule has 0 saturated carbocycles. The molecule has 0 bridgehead atoms. The Labute approximate surface area is 192 Å². The lowest BCUT2D eigenvalue weighted by Crippen LogP contribution is -2.46. The minimum Gasteiger partial charge on any atom is -0.367 e. The highest BCUT2D eigenvalue weighted by molar-refractivity contribution is 6.16. The average molecular weight is 441 g/mol. The minimum atomic E-state index is -0.319. The summed E-state index contributed by atoms with van der Waals surface area (Å²) >= 11 is 0. The number of aliphatic imine (C=N–C) groups is 1. The molecule has 1 aliphatic heterocycles. The number of amides is 1. The molecule has 2 heterocycles. The number of hydrogen-bond acceptors (Lipinski definition) is 3. The third kappa shape index (κ3) is 3.78. The van der Waals surface area contributed by atoms with Gasteiger partial charge in [-0.15, -0.1) is 0 Å². The Bertz CT molecular complexity index is 1360. The van der Waals surface area contributed by atoms with E-state index in [1.807, 2.05) is 61.8 Å². The number of aromatic nitrogens is 1. The fourth-order valence-corrected chi connectivity index (χ4v) is 4.72. The molecule has 33 heavy (non-hydrogen) atoms. The Kier molecular flexibility index (Phi) is 5.42. The number of benzodiazepines with no additional fused rings is 1. The van der Waals surface area contributed by atoms with Crippen LogP contribution in [-0.2, 0) is 4.79 Å². The maximum atomic E-state index is 14.8. The summed E-state index contributed by atoms with van der Waals surface area (Å²) in [5.41, 5.74) is 4.92. The highest BCUT2D eigenvalue weighted by Crippen LogP contribution is 2.34. The molecule has 1 amide bonds. The average Bonchev–Trinajstić information content (AvgIpc) is 3.19. The van der Waals surface area contributed by atoms with E-state index in [1.54, 1.807) is 12.1 Å². The lowest BCUT2D eigenvalue weighted by molar-refractivity contribution is -0.119. The van der Waals surface area contributed by atoms with E-state index in [9.17, 15) is 9.18 Å².